The number of halogens is 2. The van der Waals surface area contributed by atoms with E-state index in [1.165, 1.54) is 0 Å². The van der Waals surface area contributed by atoms with Crippen LogP contribution in [0.3, 0.4) is 0 Å². The van der Waals surface area contributed by atoms with Gasteiger partial charge >= 0.3 is 5.97 Å². The van der Waals surface area contributed by atoms with Crippen LogP contribution in [-0.2, 0) is 0 Å². The molecule has 5 heteroatoms. The Kier molecular flexibility index (Phi) is 2.48. The van der Waals surface area contributed by atoms with Crippen LogP contribution < -0.4 is 0 Å². The molecule has 0 aliphatic rings. The van der Waals surface area contributed by atoms with E-state index in [1.54, 1.807) is 19.1 Å². The van der Waals surface area contributed by atoms with Crippen molar-refractivity contribution in [3.8, 4) is 0 Å². The minimum atomic E-state index is -1.08. The Morgan fingerprint density at radius 3 is 2.80 bits per heavy atom. The van der Waals surface area contributed by atoms with Gasteiger partial charge in [0.1, 0.15) is 5.58 Å². The van der Waals surface area contributed by atoms with E-state index < -0.39 is 5.97 Å². The van der Waals surface area contributed by atoms with E-state index in [4.69, 9.17) is 21.1 Å². The number of hydrogen-bond acceptors (Lipinski definition) is 2. The van der Waals surface area contributed by atoms with Gasteiger partial charge < -0.3 is 9.52 Å². The number of carboxylic acid groups (broad SMARTS) is 1. The lowest BCUT2D eigenvalue weighted by atomic mass is 10.1. The molecular weight excluding hydrogens is 283 g/mol. The van der Waals surface area contributed by atoms with Crippen LogP contribution >= 0.6 is 27.5 Å². The largest absolute Gasteiger partial charge is 0.475 e. The number of benzene rings is 1. The summed E-state index contributed by atoms with van der Waals surface area (Å²) in [4.78, 5) is 10.8. The van der Waals surface area contributed by atoms with Crippen LogP contribution in [0.25, 0.3) is 11.0 Å². The SMILES string of the molecule is Cc1c(C(=O)O)oc2c(Br)cc(Cl)cc12. The summed E-state index contributed by atoms with van der Waals surface area (Å²) in [6.07, 6.45) is 0. The van der Waals surface area contributed by atoms with E-state index in [0.29, 0.717) is 26.0 Å². The smallest absolute Gasteiger partial charge is 0.372 e. The van der Waals surface area contributed by atoms with E-state index in [-0.39, 0.29) is 5.76 Å². The molecule has 0 bridgehead atoms. The van der Waals surface area contributed by atoms with Gasteiger partial charge in [0.15, 0.2) is 0 Å². The van der Waals surface area contributed by atoms with Gasteiger partial charge in [0.2, 0.25) is 5.76 Å². The Hall–Kier alpha value is -1.00. The normalized spacial score (nSPS) is 10.9. The first-order valence-corrected chi connectivity index (χ1v) is 5.29. The van der Waals surface area contributed by atoms with Crippen molar-refractivity contribution in [3.63, 3.8) is 0 Å². The molecule has 78 valence electrons. The highest BCUT2D eigenvalue weighted by Gasteiger charge is 2.18. The fraction of sp³-hybridized carbons (Fsp3) is 0.100. The zero-order chi connectivity index (χ0) is 11.2. The second-order valence-electron chi connectivity index (χ2n) is 3.13. The van der Waals surface area contributed by atoms with Gasteiger partial charge in [-0.3, -0.25) is 0 Å². The van der Waals surface area contributed by atoms with E-state index >= 15 is 0 Å². The van der Waals surface area contributed by atoms with Crippen molar-refractivity contribution in [2.45, 2.75) is 6.92 Å². The van der Waals surface area contributed by atoms with Gasteiger partial charge in [-0.05, 0) is 35.0 Å². The molecule has 1 aromatic carbocycles. The average Bonchev–Trinajstić information content (AvgIpc) is 2.44. The van der Waals surface area contributed by atoms with Crippen LogP contribution in [0.15, 0.2) is 21.0 Å². The molecule has 0 fully saturated rings. The van der Waals surface area contributed by atoms with Crippen molar-refractivity contribution in [1.29, 1.82) is 0 Å². The predicted molar refractivity (Wildman–Crippen MR) is 60.6 cm³/mol. The molecule has 2 aromatic rings. The highest BCUT2D eigenvalue weighted by atomic mass is 79.9. The molecule has 0 aliphatic carbocycles. The highest BCUT2D eigenvalue weighted by Crippen LogP contribution is 2.33. The maximum absolute atomic E-state index is 10.8. The van der Waals surface area contributed by atoms with E-state index in [0.717, 1.165) is 0 Å². The fourth-order valence-corrected chi connectivity index (χ4v) is 2.34. The Bertz CT molecular complexity index is 559. The van der Waals surface area contributed by atoms with Crippen molar-refractivity contribution >= 4 is 44.5 Å². The molecule has 2 rings (SSSR count). The van der Waals surface area contributed by atoms with Crippen molar-refractivity contribution in [2.24, 2.45) is 0 Å². The highest BCUT2D eigenvalue weighted by molar-refractivity contribution is 9.10. The van der Waals surface area contributed by atoms with Crippen molar-refractivity contribution in [3.05, 3.63) is 33.0 Å². The number of carboxylic acids is 1. The molecule has 15 heavy (non-hydrogen) atoms. The summed E-state index contributed by atoms with van der Waals surface area (Å²) in [7, 11) is 0. The first-order valence-electron chi connectivity index (χ1n) is 4.12. The topological polar surface area (TPSA) is 50.4 Å². The lowest BCUT2D eigenvalue weighted by molar-refractivity contribution is 0.0664. The lowest BCUT2D eigenvalue weighted by Crippen LogP contribution is -1.95. The molecule has 0 radical (unpaired) electrons. The Morgan fingerprint density at radius 1 is 1.53 bits per heavy atom. The van der Waals surface area contributed by atoms with Crippen LogP contribution in [0.4, 0.5) is 0 Å². The number of furan rings is 1. The van der Waals surface area contributed by atoms with Crippen LogP contribution in [-0.4, -0.2) is 11.1 Å². The summed E-state index contributed by atoms with van der Waals surface area (Å²) >= 11 is 9.14. The van der Waals surface area contributed by atoms with Crippen LogP contribution in [0.2, 0.25) is 5.02 Å². The van der Waals surface area contributed by atoms with Gasteiger partial charge in [-0.1, -0.05) is 11.6 Å². The summed E-state index contributed by atoms with van der Waals surface area (Å²) in [5.74, 6) is -1.13. The maximum Gasteiger partial charge on any atom is 0.372 e. The summed E-state index contributed by atoms with van der Waals surface area (Å²) < 4.78 is 5.89. The van der Waals surface area contributed by atoms with E-state index in [2.05, 4.69) is 15.9 Å². The number of fused-ring (bicyclic) bond motifs is 1. The summed E-state index contributed by atoms with van der Waals surface area (Å²) in [6.45, 7) is 1.69. The number of rotatable bonds is 1. The molecule has 0 aliphatic heterocycles. The van der Waals surface area contributed by atoms with Crippen molar-refractivity contribution in [1.82, 2.24) is 0 Å². The number of aromatic carboxylic acids is 1. The van der Waals surface area contributed by atoms with Gasteiger partial charge in [0, 0.05) is 16.0 Å². The van der Waals surface area contributed by atoms with E-state index in [1.807, 2.05) is 0 Å². The maximum atomic E-state index is 10.8. The number of aryl methyl sites for hydroxylation is 1. The Morgan fingerprint density at radius 2 is 2.20 bits per heavy atom. The van der Waals surface area contributed by atoms with Crippen molar-refractivity contribution < 1.29 is 14.3 Å². The van der Waals surface area contributed by atoms with Crippen LogP contribution in [0, 0.1) is 6.92 Å². The molecule has 1 aromatic heterocycles. The van der Waals surface area contributed by atoms with Crippen LogP contribution in [0.5, 0.6) is 0 Å². The zero-order valence-electron chi connectivity index (χ0n) is 7.67. The minimum absolute atomic E-state index is 0.0482. The molecule has 1 heterocycles. The second-order valence-corrected chi connectivity index (χ2v) is 4.42. The number of hydrogen-bond donors (Lipinski definition) is 1. The molecule has 0 spiro atoms. The molecule has 0 saturated heterocycles. The van der Waals surface area contributed by atoms with Gasteiger partial charge in [0.25, 0.3) is 0 Å². The molecule has 0 atom stereocenters. The van der Waals surface area contributed by atoms with E-state index in [9.17, 15) is 4.79 Å². The zero-order valence-corrected chi connectivity index (χ0v) is 10.0. The minimum Gasteiger partial charge on any atom is -0.475 e. The van der Waals surface area contributed by atoms with Gasteiger partial charge in [-0.25, -0.2) is 4.79 Å². The first kappa shape index (κ1) is 10.5. The quantitative estimate of drug-likeness (QED) is 0.867. The summed E-state index contributed by atoms with van der Waals surface area (Å²) in [5.41, 5.74) is 1.09. The van der Waals surface area contributed by atoms with Gasteiger partial charge in [-0.2, -0.15) is 0 Å². The Balaban J connectivity index is 2.88. The third-order valence-electron chi connectivity index (χ3n) is 2.15. The second kappa shape index (κ2) is 3.54. The van der Waals surface area contributed by atoms with Crippen LogP contribution in [0.1, 0.15) is 16.1 Å². The molecule has 0 unspecified atom stereocenters. The van der Waals surface area contributed by atoms with Crippen molar-refractivity contribution in [2.75, 3.05) is 0 Å². The average molecular weight is 290 g/mol. The fourth-order valence-electron chi connectivity index (χ4n) is 1.45. The third-order valence-corrected chi connectivity index (χ3v) is 2.96. The standard InChI is InChI=1S/C10H6BrClO3/c1-4-6-2-5(12)3-7(11)9(6)15-8(4)10(13)14/h2-3H,1H3,(H,13,14). The predicted octanol–water partition coefficient (Wildman–Crippen LogP) is 3.86. The first-order chi connectivity index (χ1) is 7.00. The number of carbonyl (C=O) groups is 1. The third kappa shape index (κ3) is 1.64. The molecule has 1 N–H and O–H groups in total. The molecule has 3 nitrogen and oxygen atoms in total. The molecule has 0 saturated carbocycles. The lowest BCUT2D eigenvalue weighted by Gasteiger charge is -1.94. The Labute approximate surface area is 98.8 Å². The molecule has 0 amide bonds. The summed E-state index contributed by atoms with van der Waals surface area (Å²) in [5, 5.41) is 10.1. The van der Waals surface area contributed by atoms with Gasteiger partial charge in [0.05, 0.1) is 4.47 Å². The molecular formula is C10H6BrClO3. The van der Waals surface area contributed by atoms with Gasteiger partial charge in [-0.15, -0.1) is 0 Å². The summed E-state index contributed by atoms with van der Waals surface area (Å²) in [6, 6.07) is 3.35. The monoisotopic (exact) mass is 288 g/mol.